The summed E-state index contributed by atoms with van der Waals surface area (Å²) in [7, 11) is 0. The summed E-state index contributed by atoms with van der Waals surface area (Å²) in [5.41, 5.74) is 2.99. The molecule has 3 N–H and O–H groups in total. The first kappa shape index (κ1) is 10.7. The van der Waals surface area contributed by atoms with E-state index >= 15 is 0 Å². The van der Waals surface area contributed by atoms with Crippen LogP contribution in [0.5, 0.6) is 11.5 Å². The molecule has 18 heavy (non-hydrogen) atoms. The molecule has 0 bridgehead atoms. The third-order valence-electron chi connectivity index (χ3n) is 3.15. The van der Waals surface area contributed by atoms with Crippen LogP contribution in [0, 0.1) is 0 Å². The van der Waals surface area contributed by atoms with Gasteiger partial charge in [-0.3, -0.25) is 0 Å². The lowest BCUT2D eigenvalue weighted by atomic mass is 9.92. The smallest absolute Gasteiger partial charge is 0.158 e. The topological polar surface area (TPSA) is 52.5 Å². The Hall–Kier alpha value is -2.42. The summed E-state index contributed by atoms with van der Waals surface area (Å²) in [6.07, 6.45) is 3.74. The minimum atomic E-state index is -0.0909. The van der Waals surface area contributed by atoms with Crippen molar-refractivity contribution in [3.05, 3.63) is 65.4 Å². The van der Waals surface area contributed by atoms with Crippen LogP contribution in [-0.4, -0.2) is 10.2 Å². The lowest BCUT2D eigenvalue weighted by Crippen LogP contribution is -2.20. The predicted molar refractivity (Wildman–Crippen MR) is 70.2 cm³/mol. The van der Waals surface area contributed by atoms with Crippen molar-refractivity contribution in [3.8, 4) is 11.5 Å². The largest absolute Gasteiger partial charge is 0.504 e. The van der Waals surface area contributed by atoms with Crippen LogP contribution in [-0.2, 0) is 0 Å². The fourth-order valence-electron chi connectivity index (χ4n) is 2.25. The first-order valence-electron chi connectivity index (χ1n) is 5.79. The molecule has 0 saturated carbocycles. The molecule has 1 atom stereocenters. The van der Waals surface area contributed by atoms with Crippen LogP contribution in [0.25, 0.3) is 6.08 Å². The van der Waals surface area contributed by atoms with Gasteiger partial charge in [0.25, 0.3) is 0 Å². The minimum Gasteiger partial charge on any atom is -0.504 e. The second-order valence-electron chi connectivity index (χ2n) is 4.31. The molecule has 3 nitrogen and oxygen atoms in total. The summed E-state index contributed by atoms with van der Waals surface area (Å²) in [6, 6.07) is 13.2. The highest BCUT2D eigenvalue weighted by atomic mass is 16.3. The van der Waals surface area contributed by atoms with Crippen molar-refractivity contribution in [2.45, 2.75) is 6.04 Å². The summed E-state index contributed by atoms with van der Waals surface area (Å²) >= 11 is 0. The number of phenolic OH excluding ortho intramolecular Hbond substituents is 2. The lowest BCUT2D eigenvalue weighted by molar-refractivity contribution is 0.402. The van der Waals surface area contributed by atoms with E-state index in [0.717, 1.165) is 16.7 Å². The average molecular weight is 239 g/mol. The molecule has 2 aromatic rings. The molecule has 0 spiro atoms. The zero-order chi connectivity index (χ0) is 12.5. The highest BCUT2D eigenvalue weighted by Gasteiger charge is 2.20. The quantitative estimate of drug-likeness (QED) is 0.671. The standard InChI is InChI=1S/C15H13NO2/c17-13-8-11-6-7-16-15(12(11)9-14(13)18)10-4-2-1-3-5-10/h1-9,15-18H. The van der Waals surface area contributed by atoms with Gasteiger partial charge in [-0.2, -0.15) is 0 Å². The molecule has 0 saturated heterocycles. The van der Waals surface area contributed by atoms with Gasteiger partial charge in [0.2, 0.25) is 0 Å². The van der Waals surface area contributed by atoms with Crippen LogP contribution in [0.1, 0.15) is 22.7 Å². The van der Waals surface area contributed by atoms with Gasteiger partial charge in [0.05, 0.1) is 6.04 Å². The molecule has 3 rings (SSSR count). The molecule has 3 heteroatoms. The van der Waals surface area contributed by atoms with Gasteiger partial charge >= 0.3 is 0 Å². The fourth-order valence-corrected chi connectivity index (χ4v) is 2.25. The van der Waals surface area contributed by atoms with Gasteiger partial charge in [0.15, 0.2) is 11.5 Å². The Morgan fingerprint density at radius 3 is 2.44 bits per heavy atom. The molecular formula is C15H13NO2. The third-order valence-corrected chi connectivity index (χ3v) is 3.15. The van der Waals surface area contributed by atoms with Crippen molar-refractivity contribution in [2.75, 3.05) is 0 Å². The molecule has 1 heterocycles. The summed E-state index contributed by atoms with van der Waals surface area (Å²) in [5, 5.41) is 22.4. The number of benzene rings is 2. The van der Waals surface area contributed by atoms with Crippen LogP contribution >= 0.6 is 0 Å². The maximum atomic E-state index is 9.64. The summed E-state index contributed by atoms with van der Waals surface area (Å²) < 4.78 is 0. The van der Waals surface area contributed by atoms with E-state index in [-0.39, 0.29) is 17.5 Å². The number of phenols is 2. The van der Waals surface area contributed by atoms with Crippen molar-refractivity contribution < 1.29 is 10.2 Å². The number of hydrogen-bond acceptors (Lipinski definition) is 3. The second-order valence-corrected chi connectivity index (χ2v) is 4.31. The Labute approximate surface area is 105 Å². The van der Waals surface area contributed by atoms with E-state index in [1.165, 1.54) is 0 Å². The van der Waals surface area contributed by atoms with E-state index < -0.39 is 0 Å². The van der Waals surface area contributed by atoms with Crippen LogP contribution in [0.3, 0.4) is 0 Å². The average Bonchev–Trinajstić information content (AvgIpc) is 2.40. The second kappa shape index (κ2) is 4.11. The molecule has 0 fully saturated rings. The van der Waals surface area contributed by atoms with Gasteiger partial charge in [-0.25, -0.2) is 0 Å². The lowest BCUT2D eigenvalue weighted by Gasteiger charge is -2.24. The summed E-state index contributed by atoms with van der Waals surface area (Å²) in [4.78, 5) is 0. The van der Waals surface area contributed by atoms with Crippen LogP contribution in [0.15, 0.2) is 48.7 Å². The molecule has 1 aliphatic heterocycles. The summed E-state index contributed by atoms with van der Waals surface area (Å²) in [6.45, 7) is 0. The number of fused-ring (bicyclic) bond motifs is 1. The van der Waals surface area contributed by atoms with E-state index in [9.17, 15) is 10.2 Å². The molecule has 0 aliphatic carbocycles. The van der Waals surface area contributed by atoms with Gasteiger partial charge in [-0.1, -0.05) is 30.3 Å². The van der Waals surface area contributed by atoms with Crippen LogP contribution < -0.4 is 5.32 Å². The Morgan fingerprint density at radius 2 is 1.67 bits per heavy atom. The Kier molecular flexibility index (Phi) is 2.45. The van der Waals surface area contributed by atoms with Crippen LogP contribution in [0.4, 0.5) is 0 Å². The van der Waals surface area contributed by atoms with E-state index in [2.05, 4.69) is 5.32 Å². The number of nitrogens with one attached hydrogen (secondary N) is 1. The molecule has 1 aliphatic rings. The maximum Gasteiger partial charge on any atom is 0.158 e. The molecule has 0 radical (unpaired) electrons. The number of rotatable bonds is 1. The monoisotopic (exact) mass is 239 g/mol. The van der Waals surface area contributed by atoms with Crippen molar-refractivity contribution in [1.82, 2.24) is 5.32 Å². The molecule has 0 amide bonds. The third kappa shape index (κ3) is 1.70. The highest BCUT2D eigenvalue weighted by molar-refractivity contribution is 5.63. The number of hydrogen-bond donors (Lipinski definition) is 3. The maximum absolute atomic E-state index is 9.64. The SMILES string of the molecule is Oc1cc2c(cc1O)C(c1ccccc1)NC=C2. The van der Waals surface area contributed by atoms with Crippen molar-refractivity contribution in [3.63, 3.8) is 0 Å². The van der Waals surface area contributed by atoms with Crippen molar-refractivity contribution >= 4 is 6.08 Å². The van der Waals surface area contributed by atoms with E-state index in [1.807, 2.05) is 42.6 Å². The van der Waals surface area contributed by atoms with Gasteiger partial charge in [0, 0.05) is 0 Å². The zero-order valence-corrected chi connectivity index (χ0v) is 9.67. The van der Waals surface area contributed by atoms with E-state index in [1.54, 1.807) is 12.1 Å². The van der Waals surface area contributed by atoms with E-state index in [4.69, 9.17) is 0 Å². The summed E-state index contributed by atoms with van der Waals surface area (Å²) in [5.74, 6) is -0.182. The van der Waals surface area contributed by atoms with Gasteiger partial charge in [-0.05, 0) is 41.1 Å². The van der Waals surface area contributed by atoms with E-state index in [0.29, 0.717) is 0 Å². The Balaban J connectivity index is 2.13. The highest BCUT2D eigenvalue weighted by Crippen LogP contribution is 2.36. The minimum absolute atomic E-state index is 0.00213. The number of aromatic hydroxyl groups is 2. The van der Waals surface area contributed by atoms with Gasteiger partial charge < -0.3 is 15.5 Å². The molecular weight excluding hydrogens is 226 g/mol. The molecule has 90 valence electrons. The first-order chi connectivity index (χ1) is 8.75. The molecule has 2 aromatic carbocycles. The molecule has 0 aromatic heterocycles. The van der Waals surface area contributed by atoms with Crippen LogP contribution in [0.2, 0.25) is 0 Å². The van der Waals surface area contributed by atoms with Gasteiger partial charge in [-0.15, -0.1) is 0 Å². The van der Waals surface area contributed by atoms with Gasteiger partial charge in [0.1, 0.15) is 0 Å². The Bertz CT molecular complexity index is 605. The zero-order valence-electron chi connectivity index (χ0n) is 9.67. The normalized spacial score (nSPS) is 17.0. The predicted octanol–water partition coefficient (Wildman–Crippen LogP) is 2.76. The molecule has 1 unspecified atom stereocenters. The fraction of sp³-hybridized carbons (Fsp3) is 0.0667. The Morgan fingerprint density at radius 1 is 0.944 bits per heavy atom. The van der Waals surface area contributed by atoms with Crippen molar-refractivity contribution in [1.29, 1.82) is 0 Å². The van der Waals surface area contributed by atoms with Crippen molar-refractivity contribution in [2.24, 2.45) is 0 Å². The first-order valence-corrected chi connectivity index (χ1v) is 5.79.